The van der Waals surface area contributed by atoms with Gasteiger partial charge in [0.15, 0.2) is 0 Å². The quantitative estimate of drug-likeness (QED) is 0.789. The van der Waals surface area contributed by atoms with Crippen molar-refractivity contribution in [3.63, 3.8) is 0 Å². The smallest absolute Gasteiger partial charge is 0.226 e. The summed E-state index contributed by atoms with van der Waals surface area (Å²) in [5, 5.41) is 0. The number of carbonyl (C=O) groups excluding carboxylic acids is 2. The molecule has 1 aliphatic carbocycles. The summed E-state index contributed by atoms with van der Waals surface area (Å²) in [6.07, 6.45) is 4.94. The third-order valence-electron chi connectivity index (χ3n) is 5.98. The van der Waals surface area contributed by atoms with E-state index in [9.17, 15) is 9.59 Å². The van der Waals surface area contributed by atoms with Gasteiger partial charge in [0, 0.05) is 31.3 Å². The average molecular weight is 306 g/mol. The maximum atomic E-state index is 12.2. The van der Waals surface area contributed by atoms with E-state index in [1.54, 1.807) is 0 Å². The highest BCUT2D eigenvalue weighted by Gasteiger charge is 2.52. The van der Waals surface area contributed by atoms with Gasteiger partial charge in [-0.15, -0.1) is 0 Å². The van der Waals surface area contributed by atoms with Gasteiger partial charge in [0.25, 0.3) is 0 Å². The topological polar surface area (TPSA) is 49.9 Å². The van der Waals surface area contributed by atoms with Crippen LogP contribution in [0.2, 0.25) is 0 Å². The van der Waals surface area contributed by atoms with Crippen molar-refractivity contribution in [1.82, 2.24) is 9.80 Å². The third kappa shape index (κ3) is 2.53. The van der Waals surface area contributed by atoms with Gasteiger partial charge in [0.05, 0.1) is 19.7 Å². The molecule has 3 heterocycles. The molecule has 3 atom stereocenters. The second kappa shape index (κ2) is 5.22. The molecule has 1 saturated carbocycles. The lowest BCUT2D eigenvalue weighted by Crippen LogP contribution is -2.66. The maximum absolute atomic E-state index is 12.2. The van der Waals surface area contributed by atoms with E-state index in [-0.39, 0.29) is 11.5 Å². The molecule has 122 valence electrons. The molecule has 0 aromatic heterocycles. The lowest BCUT2D eigenvalue weighted by Gasteiger charge is -2.53. The lowest BCUT2D eigenvalue weighted by molar-refractivity contribution is -0.190. The van der Waals surface area contributed by atoms with E-state index in [0.717, 1.165) is 58.5 Å². The monoisotopic (exact) mass is 306 g/mol. The van der Waals surface area contributed by atoms with Crippen LogP contribution in [0.1, 0.15) is 39.0 Å². The molecule has 0 aromatic rings. The fourth-order valence-corrected chi connectivity index (χ4v) is 4.23. The fraction of sp³-hybridized carbons (Fsp3) is 0.882. The highest BCUT2D eigenvalue weighted by Crippen LogP contribution is 2.43. The number of rotatable bonds is 3. The second-order valence-corrected chi connectivity index (χ2v) is 7.86. The summed E-state index contributed by atoms with van der Waals surface area (Å²) in [6.45, 7) is 6.24. The first-order chi connectivity index (χ1) is 10.6. The van der Waals surface area contributed by atoms with Crippen LogP contribution in [0.3, 0.4) is 0 Å². The largest absolute Gasteiger partial charge is 0.371 e. The van der Waals surface area contributed by atoms with Crippen LogP contribution in [0, 0.1) is 17.8 Å². The van der Waals surface area contributed by atoms with Gasteiger partial charge < -0.3 is 14.5 Å². The van der Waals surface area contributed by atoms with Crippen LogP contribution >= 0.6 is 0 Å². The zero-order valence-corrected chi connectivity index (χ0v) is 13.4. The SMILES string of the molecule is C[C@@H]1C[C@H]1C(=O)N1CC2(CC[C@@H](CN3CCCC3=O)CO2)C1. The molecular weight excluding hydrogens is 280 g/mol. The lowest BCUT2D eigenvalue weighted by atomic mass is 9.82. The average Bonchev–Trinajstić information content (AvgIpc) is 3.08. The molecule has 1 spiro atoms. The van der Waals surface area contributed by atoms with Crippen LogP contribution in [0.25, 0.3) is 0 Å². The van der Waals surface area contributed by atoms with Gasteiger partial charge in [0.2, 0.25) is 11.8 Å². The molecule has 4 aliphatic rings. The van der Waals surface area contributed by atoms with Crippen LogP contribution in [0.15, 0.2) is 0 Å². The van der Waals surface area contributed by atoms with Crippen LogP contribution in [0.5, 0.6) is 0 Å². The Labute approximate surface area is 132 Å². The summed E-state index contributed by atoms with van der Waals surface area (Å²) < 4.78 is 6.14. The highest BCUT2D eigenvalue weighted by molar-refractivity contribution is 5.82. The minimum absolute atomic E-state index is 0.0701. The normalized spacial score (nSPS) is 36.6. The predicted molar refractivity (Wildman–Crippen MR) is 81.1 cm³/mol. The van der Waals surface area contributed by atoms with Crippen molar-refractivity contribution in [3.8, 4) is 0 Å². The van der Waals surface area contributed by atoms with Crippen LogP contribution in [-0.4, -0.2) is 60.0 Å². The minimum atomic E-state index is -0.0701. The summed E-state index contributed by atoms with van der Waals surface area (Å²) in [7, 11) is 0. The third-order valence-corrected chi connectivity index (χ3v) is 5.98. The summed E-state index contributed by atoms with van der Waals surface area (Å²) in [6, 6.07) is 0. The zero-order valence-electron chi connectivity index (χ0n) is 13.4. The van der Waals surface area contributed by atoms with E-state index in [4.69, 9.17) is 4.74 Å². The first-order valence-electron chi connectivity index (χ1n) is 8.77. The molecular formula is C17H26N2O3. The van der Waals surface area contributed by atoms with Gasteiger partial charge in [-0.2, -0.15) is 0 Å². The molecule has 2 amide bonds. The Hall–Kier alpha value is -1.10. The van der Waals surface area contributed by atoms with E-state index >= 15 is 0 Å². The number of hydrogen-bond donors (Lipinski definition) is 0. The highest BCUT2D eigenvalue weighted by atomic mass is 16.5. The van der Waals surface area contributed by atoms with Crippen molar-refractivity contribution < 1.29 is 14.3 Å². The molecule has 3 saturated heterocycles. The number of amides is 2. The molecule has 5 nitrogen and oxygen atoms in total. The second-order valence-electron chi connectivity index (χ2n) is 7.86. The first kappa shape index (κ1) is 14.5. The molecule has 0 aromatic carbocycles. The van der Waals surface area contributed by atoms with Crippen molar-refractivity contribution >= 4 is 11.8 Å². The van der Waals surface area contributed by atoms with Gasteiger partial charge in [0.1, 0.15) is 5.60 Å². The molecule has 0 unspecified atom stereocenters. The van der Waals surface area contributed by atoms with E-state index in [0.29, 0.717) is 30.1 Å². The number of carbonyl (C=O) groups is 2. The Morgan fingerprint density at radius 1 is 1.41 bits per heavy atom. The first-order valence-corrected chi connectivity index (χ1v) is 8.77. The minimum Gasteiger partial charge on any atom is -0.371 e. The van der Waals surface area contributed by atoms with Crippen molar-refractivity contribution in [1.29, 1.82) is 0 Å². The summed E-state index contributed by atoms with van der Waals surface area (Å²) in [5.74, 6) is 1.99. The molecule has 0 bridgehead atoms. The van der Waals surface area contributed by atoms with Crippen LogP contribution < -0.4 is 0 Å². The number of hydrogen-bond acceptors (Lipinski definition) is 3. The van der Waals surface area contributed by atoms with Gasteiger partial charge in [-0.3, -0.25) is 9.59 Å². The molecule has 0 radical (unpaired) electrons. The van der Waals surface area contributed by atoms with Crippen molar-refractivity contribution in [3.05, 3.63) is 0 Å². The Bertz CT molecular complexity index is 476. The number of ether oxygens (including phenoxy) is 1. The van der Waals surface area contributed by atoms with Crippen LogP contribution in [-0.2, 0) is 14.3 Å². The van der Waals surface area contributed by atoms with E-state index in [2.05, 4.69) is 6.92 Å². The Kier molecular flexibility index (Phi) is 3.44. The fourth-order valence-electron chi connectivity index (χ4n) is 4.23. The van der Waals surface area contributed by atoms with Gasteiger partial charge in [-0.25, -0.2) is 0 Å². The summed E-state index contributed by atoms with van der Waals surface area (Å²) >= 11 is 0. The zero-order chi connectivity index (χ0) is 15.3. The van der Waals surface area contributed by atoms with Crippen molar-refractivity contribution in [2.24, 2.45) is 17.8 Å². The van der Waals surface area contributed by atoms with Gasteiger partial charge in [-0.05, 0) is 31.6 Å². The molecule has 4 rings (SSSR count). The Morgan fingerprint density at radius 2 is 2.18 bits per heavy atom. The summed E-state index contributed by atoms with van der Waals surface area (Å²) in [4.78, 5) is 27.9. The Morgan fingerprint density at radius 3 is 2.73 bits per heavy atom. The van der Waals surface area contributed by atoms with E-state index in [1.807, 2.05) is 9.80 Å². The maximum Gasteiger partial charge on any atom is 0.226 e. The van der Waals surface area contributed by atoms with Gasteiger partial charge in [-0.1, -0.05) is 6.92 Å². The van der Waals surface area contributed by atoms with Crippen molar-refractivity contribution in [2.75, 3.05) is 32.8 Å². The predicted octanol–water partition coefficient (Wildman–Crippen LogP) is 1.27. The van der Waals surface area contributed by atoms with Crippen LogP contribution in [0.4, 0.5) is 0 Å². The molecule has 22 heavy (non-hydrogen) atoms. The van der Waals surface area contributed by atoms with E-state index < -0.39 is 0 Å². The molecule has 3 aliphatic heterocycles. The molecule has 4 fully saturated rings. The standard InChI is InChI=1S/C17H26N2O3/c1-12-7-14(12)16(21)19-10-17(11-19)5-4-13(9-22-17)8-18-6-2-3-15(18)20/h12-14H,2-11H2,1H3/t12-,13+,14-/m1/s1. The number of likely N-dealkylation sites (tertiary alicyclic amines) is 2. The van der Waals surface area contributed by atoms with Gasteiger partial charge >= 0.3 is 0 Å². The Balaban J connectivity index is 1.23. The number of nitrogens with zero attached hydrogens (tertiary/aromatic N) is 2. The summed E-state index contributed by atoms with van der Waals surface area (Å²) in [5.41, 5.74) is -0.0701. The molecule has 0 N–H and O–H groups in total. The van der Waals surface area contributed by atoms with Crippen molar-refractivity contribution in [2.45, 2.75) is 44.6 Å². The van der Waals surface area contributed by atoms with E-state index in [1.165, 1.54) is 0 Å². The molecule has 5 heteroatoms.